The Hall–Kier alpha value is -0.570. The van der Waals surface area contributed by atoms with Crippen molar-refractivity contribution in [2.75, 3.05) is 13.1 Å². The molecule has 0 aliphatic carbocycles. The minimum atomic E-state index is 0.147. The molecule has 96 valence electrons. The fourth-order valence-electron chi connectivity index (χ4n) is 1.57. The summed E-state index contributed by atoms with van der Waals surface area (Å²) in [6.45, 7) is 8.04. The predicted octanol–water partition coefficient (Wildman–Crippen LogP) is 2.46. The van der Waals surface area contributed by atoms with Crippen LogP contribution in [0.15, 0.2) is 0 Å². The largest absolute Gasteiger partial charge is 0.354 e. The number of hydrogen-bond donors (Lipinski definition) is 2. The molecule has 0 saturated carbocycles. The van der Waals surface area contributed by atoms with E-state index in [0.717, 1.165) is 13.1 Å². The smallest absolute Gasteiger partial charge is 0.221 e. The number of unbranched alkanes of at least 4 members (excludes halogenated alkanes) is 4. The van der Waals surface area contributed by atoms with Gasteiger partial charge in [0.2, 0.25) is 5.91 Å². The molecule has 0 saturated heterocycles. The van der Waals surface area contributed by atoms with E-state index in [1.165, 1.54) is 32.1 Å². The molecule has 0 aliphatic heterocycles. The Morgan fingerprint density at radius 2 is 1.75 bits per heavy atom. The Kier molecular flexibility index (Phi) is 10.5. The van der Waals surface area contributed by atoms with Crippen LogP contribution in [-0.2, 0) is 4.79 Å². The number of rotatable bonds is 10. The van der Waals surface area contributed by atoms with Crippen molar-refractivity contribution >= 4 is 5.91 Å². The van der Waals surface area contributed by atoms with Gasteiger partial charge in [-0.25, -0.2) is 0 Å². The van der Waals surface area contributed by atoms with Crippen LogP contribution in [0.1, 0.15) is 59.3 Å². The minimum absolute atomic E-state index is 0.147. The average molecular weight is 228 g/mol. The molecule has 0 spiro atoms. The summed E-state index contributed by atoms with van der Waals surface area (Å²) in [6.07, 6.45) is 7.10. The van der Waals surface area contributed by atoms with E-state index in [4.69, 9.17) is 0 Å². The van der Waals surface area contributed by atoms with E-state index in [1.54, 1.807) is 0 Å². The summed E-state index contributed by atoms with van der Waals surface area (Å²) < 4.78 is 0. The maximum absolute atomic E-state index is 11.3. The molecule has 0 aromatic heterocycles. The third-order valence-electron chi connectivity index (χ3n) is 2.44. The molecule has 0 aromatic carbocycles. The summed E-state index contributed by atoms with van der Waals surface area (Å²) in [5.41, 5.74) is 0. The fraction of sp³-hybridized carbons (Fsp3) is 0.923. The molecule has 0 bridgehead atoms. The second-order valence-corrected chi connectivity index (χ2v) is 4.64. The van der Waals surface area contributed by atoms with Gasteiger partial charge in [0.25, 0.3) is 0 Å². The number of hydrogen-bond acceptors (Lipinski definition) is 2. The number of carbonyl (C=O) groups excluding carboxylic acids is 1. The number of nitrogens with one attached hydrogen (secondary N) is 2. The van der Waals surface area contributed by atoms with Crippen molar-refractivity contribution in [2.45, 2.75) is 65.3 Å². The molecular weight excluding hydrogens is 200 g/mol. The van der Waals surface area contributed by atoms with Crippen molar-refractivity contribution in [1.82, 2.24) is 10.6 Å². The lowest BCUT2D eigenvalue weighted by atomic mass is 10.1. The highest BCUT2D eigenvalue weighted by atomic mass is 16.1. The van der Waals surface area contributed by atoms with E-state index in [0.29, 0.717) is 6.42 Å². The van der Waals surface area contributed by atoms with Gasteiger partial charge in [-0.3, -0.25) is 4.79 Å². The lowest BCUT2D eigenvalue weighted by Crippen LogP contribution is -2.32. The van der Waals surface area contributed by atoms with Crippen LogP contribution < -0.4 is 10.6 Å². The van der Waals surface area contributed by atoms with Crippen molar-refractivity contribution < 1.29 is 4.79 Å². The van der Waals surface area contributed by atoms with Crippen LogP contribution in [0, 0.1) is 0 Å². The second-order valence-electron chi connectivity index (χ2n) is 4.64. The summed E-state index contributed by atoms with van der Waals surface area (Å²) in [5, 5.41) is 6.19. The molecule has 1 amide bonds. The molecule has 16 heavy (non-hydrogen) atoms. The van der Waals surface area contributed by atoms with E-state index in [-0.39, 0.29) is 11.9 Å². The van der Waals surface area contributed by atoms with Crippen LogP contribution in [0.2, 0.25) is 0 Å². The van der Waals surface area contributed by atoms with Crippen LogP contribution in [-0.4, -0.2) is 25.0 Å². The zero-order valence-corrected chi connectivity index (χ0v) is 11.1. The van der Waals surface area contributed by atoms with E-state index in [2.05, 4.69) is 17.6 Å². The van der Waals surface area contributed by atoms with Crippen LogP contribution >= 0.6 is 0 Å². The zero-order chi connectivity index (χ0) is 12.2. The van der Waals surface area contributed by atoms with Gasteiger partial charge in [-0.05, 0) is 26.8 Å². The van der Waals surface area contributed by atoms with Gasteiger partial charge in [0.1, 0.15) is 0 Å². The monoisotopic (exact) mass is 228 g/mol. The van der Waals surface area contributed by atoms with Gasteiger partial charge in [0, 0.05) is 19.0 Å². The first-order valence-corrected chi connectivity index (χ1v) is 6.67. The van der Waals surface area contributed by atoms with Crippen molar-refractivity contribution in [3.05, 3.63) is 0 Å². The molecule has 0 radical (unpaired) electrons. The SMILES string of the molecule is CCCCCCCNCCC(=O)NC(C)C. The van der Waals surface area contributed by atoms with Gasteiger partial charge in [0.05, 0.1) is 0 Å². The Bertz CT molecular complexity index is 169. The van der Waals surface area contributed by atoms with Crippen molar-refractivity contribution in [3.8, 4) is 0 Å². The van der Waals surface area contributed by atoms with Gasteiger partial charge in [-0.15, -0.1) is 0 Å². The van der Waals surface area contributed by atoms with Crippen molar-refractivity contribution in [3.63, 3.8) is 0 Å². The Morgan fingerprint density at radius 1 is 1.06 bits per heavy atom. The highest BCUT2D eigenvalue weighted by Gasteiger charge is 2.01. The Labute approximate surface area is 100 Å². The van der Waals surface area contributed by atoms with Gasteiger partial charge in [-0.2, -0.15) is 0 Å². The van der Waals surface area contributed by atoms with Crippen molar-refractivity contribution in [1.29, 1.82) is 0 Å². The van der Waals surface area contributed by atoms with Crippen molar-refractivity contribution in [2.24, 2.45) is 0 Å². The molecule has 0 aromatic rings. The van der Waals surface area contributed by atoms with Crippen LogP contribution in [0.25, 0.3) is 0 Å². The molecule has 0 atom stereocenters. The maximum Gasteiger partial charge on any atom is 0.221 e. The van der Waals surface area contributed by atoms with Gasteiger partial charge in [0.15, 0.2) is 0 Å². The van der Waals surface area contributed by atoms with E-state index < -0.39 is 0 Å². The summed E-state index contributed by atoms with van der Waals surface area (Å²) in [6, 6.07) is 0.251. The highest BCUT2D eigenvalue weighted by molar-refractivity contribution is 5.76. The van der Waals surface area contributed by atoms with Crippen LogP contribution in [0.5, 0.6) is 0 Å². The molecular formula is C13H28N2O. The molecule has 0 fully saturated rings. The quantitative estimate of drug-likeness (QED) is 0.564. The van der Waals surface area contributed by atoms with E-state index in [9.17, 15) is 4.79 Å². The van der Waals surface area contributed by atoms with Gasteiger partial charge in [-0.1, -0.05) is 32.6 Å². The first-order chi connectivity index (χ1) is 7.66. The standard InChI is InChI=1S/C13H28N2O/c1-4-5-6-7-8-10-14-11-9-13(16)15-12(2)3/h12,14H,4-11H2,1-3H3,(H,15,16). The van der Waals surface area contributed by atoms with Crippen LogP contribution in [0.3, 0.4) is 0 Å². The third kappa shape index (κ3) is 11.5. The van der Waals surface area contributed by atoms with E-state index >= 15 is 0 Å². The Morgan fingerprint density at radius 3 is 2.38 bits per heavy atom. The molecule has 3 nitrogen and oxygen atoms in total. The van der Waals surface area contributed by atoms with Gasteiger partial charge >= 0.3 is 0 Å². The fourth-order valence-corrected chi connectivity index (χ4v) is 1.57. The molecule has 3 heteroatoms. The normalized spacial score (nSPS) is 10.8. The molecule has 0 rings (SSSR count). The Balaban J connectivity index is 3.11. The molecule has 0 unspecified atom stereocenters. The highest BCUT2D eigenvalue weighted by Crippen LogP contribution is 2.00. The van der Waals surface area contributed by atoms with Crippen LogP contribution in [0.4, 0.5) is 0 Å². The summed E-state index contributed by atoms with van der Waals surface area (Å²) in [7, 11) is 0. The summed E-state index contributed by atoms with van der Waals surface area (Å²) in [4.78, 5) is 11.3. The minimum Gasteiger partial charge on any atom is -0.354 e. The number of carbonyl (C=O) groups is 1. The second kappa shape index (κ2) is 10.9. The number of amides is 1. The molecule has 0 heterocycles. The van der Waals surface area contributed by atoms with E-state index in [1.807, 2.05) is 13.8 Å². The van der Waals surface area contributed by atoms with Gasteiger partial charge < -0.3 is 10.6 Å². The lowest BCUT2D eigenvalue weighted by Gasteiger charge is -2.08. The topological polar surface area (TPSA) is 41.1 Å². The maximum atomic E-state index is 11.3. The average Bonchev–Trinajstić information content (AvgIpc) is 2.21. The third-order valence-corrected chi connectivity index (χ3v) is 2.44. The molecule has 0 aliphatic rings. The summed E-state index contributed by atoms with van der Waals surface area (Å²) in [5.74, 6) is 0.147. The summed E-state index contributed by atoms with van der Waals surface area (Å²) >= 11 is 0. The zero-order valence-electron chi connectivity index (χ0n) is 11.1. The lowest BCUT2D eigenvalue weighted by molar-refractivity contribution is -0.121. The first-order valence-electron chi connectivity index (χ1n) is 6.67. The molecule has 2 N–H and O–H groups in total. The first kappa shape index (κ1) is 15.4. The predicted molar refractivity (Wildman–Crippen MR) is 69.5 cm³/mol.